The summed E-state index contributed by atoms with van der Waals surface area (Å²) in [7, 11) is 2.19. The molecule has 3 heterocycles. The molecule has 2 saturated heterocycles. The number of piperidine rings is 1. The van der Waals surface area contributed by atoms with Gasteiger partial charge in [0.15, 0.2) is 0 Å². The molecule has 0 bridgehead atoms. The van der Waals surface area contributed by atoms with E-state index >= 15 is 0 Å². The van der Waals surface area contributed by atoms with Crippen LogP contribution < -0.4 is 10.5 Å². The van der Waals surface area contributed by atoms with Crippen molar-refractivity contribution < 1.29 is 9.47 Å². The minimum Gasteiger partial charge on any atom is -0.490 e. The van der Waals surface area contributed by atoms with Gasteiger partial charge in [-0.15, -0.1) is 0 Å². The van der Waals surface area contributed by atoms with Crippen LogP contribution in [0.5, 0.6) is 5.75 Å². The van der Waals surface area contributed by atoms with Crippen LogP contribution in [0, 0.1) is 0 Å². The largest absolute Gasteiger partial charge is 0.490 e. The lowest BCUT2D eigenvalue weighted by Gasteiger charge is -2.30. The molecule has 3 aliphatic heterocycles. The number of rotatable bonds is 5. The van der Waals surface area contributed by atoms with Crippen LogP contribution in [-0.4, -0.2) is 61.8 Å². The second-order valence-electron chi connectivity index (χ2n) is 7.76. The molecule has 1 aromatic carbocycles. The van der Waals surface area contributed by atoms with Gasteiger partial charge in [-0.05, 0) is 44.4 Å². The van der Waals surface area contributed by atoms with Crippen molar-refractivity contribution >= 4 is 0 Å². The van der Waals surface area contributed by atoms with Crippen molar-refractivity contribution in [3.63, 3.8) is 0 Å². The number of nitrogens with zero attached hydrogens (tertiary/aromatic N) is 2. The zero-order valence-electron chi connectivity index (χ0n) is 15.3. The van der Waals surface area contributed by atoms with Crippen LogP contribution in [0.4, 0.5) is 0 Å². The van der Waals surface area contributed by atoms with Gasteiger partial charge in [-0.25, -0.2) is 0 Å². The standard InChI is InChI=1S/C20H31N3O2/c1-22-9-7-15(8-10-22)25-20-6-2-5-17-18(20)14-23(19(17)12-21)13-16-4-3-11-24-16/h2,5-6,15-16,19H,3-4,7-14,21H2,1H3. The van der Waals surface area contributed by atoms with Crippen LogP contribution in [0.2, 0.25) is 0 Å². The molecule has 138 valence electrons. The molecule has 5 heteroatoms. The molecule has 2 fully saturated rings. The molecule has 2 unspecified atom stereocenters. The van der Waals surface area contributed by atoms with E-state index in [1.54, 1.807) is 0 Å². The fraction of sp³-hybridized carbons (Fsp3) is 0.700. The fourth-order valence-corrected chi connectivity index (χ4v) is 4.48. The van der Waals surface area contributed by atoms with E-state index in [1.165, 1.54) is 24.0 Å². The highest BCUT2D eigenvalue weighted by Crippen LogP contribution is 2.39. The van der Waals surface area contributed by atoms with Gasteiger partial charge in [0, 0.05) is 50.9 Å². The van der Waals surface area contributed by atoms with Gasteiger partial charge < -0.3 is 20.1 Å². The molecule has 0 aliphatic carbocycles. The van der Waals surface area contributed by atoms with Crippen molar-refractivity contribution in [2.75, 3.05) is 39.8 Å². The van der Waals surface area contributed by atoms with Gasteiger partial charge in [0.2, 0.25) is 0 Å². The lowest BCUT2D eigenvalue weighted by atomic mass is 10.0. The van der Waals surface area contributed by atoms with Gasteiger partial charge >= 0.3 is 0 Å². The molecule has 0 aromatic heterocycles. The molecule has 0 radical (unpaired) electrons. The highest BCUT2D eigenvalue weighted by molar-refractivity contribution is 5.45. The molecule has 25 heavy (non-hydrogen) atoms. The Labute approximate surface area is 151 Å². The van der Waals surface area contributed by atoms with Crippen molar-refractivity contribution in [2.24, 2.45) is 5.73 Å². The molecule has 1 aromatic rings. The molecule has 2 N–H and O–H groups in total. The smallest absolute Gasteiger partial charge is 0.124 e. The summed E-state index contributed by atoms with van der Waals surface area (Å²) in [6.07, 6.45) is 5.28. The van der Waals surface area contributed by atoms with Crippen LogP contribution >= 0.6 is 0 Å². The Hall–Kier alpha value is -1.14. The number of nitrogens with two attached hydrogens (primary N) is 1. The zero-order chi connectivity index (χ0) is 17.2. The maximum atomic E-state index is 6.43. The monoisotopic (exact) mass is 345 g/mol. The number of fused-ring (bicyclic) bond motifs is 1. The minimum absolute atomic E-state index is 0.292. The molecule has 3 aliphatic rings. The van der Waals surface area contributed by atoms with E-state index in [1.807, 2.05) is 0 Å². The van der Waals surface area contributed by atoms with Crippen LogP contribution in [0.1, 0.15) is 42.9 Å². The lowest BCUT2D eigenvalue weighted by Crippen LogP contribution is -2.35. The van der Waals surface area contributed by atoms with Gasteiger partial charge in [0.1, 0.15) is 11.9 Å². The summed E-state index contributed by atoms with van der Waals surface area (Å²) in [6, 6.07) is 6.78. The Balaban J connectivity index is 1.48. The van der Waals surface area contributed by atoms with E-state index in [4.69, 9.17) is 15.2 Å². The molecule has 2 atom stereocenters. The fourth-order valence-electron chi connectivity index (χ4n) is 4.48. The SMILES string of the molecule is CN1CCC(Oc2cccc3c2CN(CC2CCCO2)C3CN)CC1. The summed E-state index contributed by atoms with van der Waals surface area (Å²) < 4.78 is 12.3. The van der Waals surface area contributed by atoms with Crippen molar-refractivity contribution in [3.05, 3.63) is 29.3 Å². The molecular formula is C20H31N3O2. The van der Waals surface area contributed by atoms with E-state index in [-0.39, 0.29) is 0 Å². The average molecular weight is 345 g/mol. The van der Waals surface area contributed by atoms with Crippen LogP contribution in [0.15, 0.2) is 18.2 Å². The second kappa shape index (κ2) is 7.62. The Morgan fingerprint density at radius 1 is 1.24 bits per heavy atom. The maximum absolute atomic E-state index is 6.43. The predicted molar refractivity (Wildman–Crippen MR) is 98.8 cm³/mol. The Kier molecular flexibility index (Phi) is 5.27. The molecule has 0 amide bonds. The van der Waals surface area contributed by atoms with Crippen molar-refractivity contribution in [1.29, 1.82) is 0 Å². The predicted octanol–water partition coefficient (Wildman–Crippen LogP) is 2.15. The first-order valence-electron chi connectivity index (χ1n) is 9.77. The van der Waals surface area contributed by atoms with Crippen LogP contribution in [-0.2, 0) is 11.3 Å². The van der Waals surface area contributed by atoms with E-state index in [0.29, 0.717) is 24.8 Å². The number of benzene rings is 1. The average Bonchev–Trinajstić information content (AvgIpc) is 3.25. The van der Waals surface area contributed by atoms with Gasteiger partial charge in [-0.1, -0.05) is 12.1 Å². The summed E-state index contributed by atoms with van der Waals surface area (Å²) >= 11 is 0. The first kappa shape index (κ1) is 17.3. The maximum Gasteiger partial charge on any atom is 0.124 e. The Bertz CT molecular complexity index is 580. The number of likely N-dealkylation sites (tertiary alicyclic amines) is 1. The molecular weight excluding hydrogens is 314 g/mol. The third-order valence-electron chi connectivity index (χ3n) is 5.97. The highest BCUT2D eigenvalue weighted by Gasteiger charge is 2.34. The van der Waals surface area contributed by atoms with E-state index in [9.17, 15) is 0 Å². The molecule has 4 rings (SSSR count). The highest BCUT2D eigenvalue weighted by atomic mass is 16.5. The third kappa shape index (κ3) is 3.70. The number of ether oxygens (including phenoxy) is 2. The van der Waals surface area contributed by atoms with Gasteiger partial charge in [-0.3, -0.25) is 4.90 Å². The van der Waals surface area contributed by atoms with Gasteiger partial charge in [0.25, 0.3) is 0 Å². The molecule has 0 spiro atoms. The van der Waals surface area contributed by atoms with Gasteiger partial charge in [-0.2, -0.15) is 0 Å². The Morgan fingerprint density at radius 3 is 2.80 bits per heavy atom. The summed E-state index contributed by atoms with van der Waals surface area (Å²) in [5, 5.41) is 0. The van der Waals surface area contributed by atoms with Crippen molar-refractivity contribution in [1.82, 2.24) is 9.80 Å². The zero-order valence-corrected chi connectivity index (χ0v) is 15.3. The normalized spacial score (nSPS) is 28.4. The summed E-state index contributed by atoms with van der Waals surface area (Å²) in [5.41, 5.74) is 8.83. The topological polar surface area (TPSA) is 51.0 Å². The lowest BCUT2D eigenvalue weighted by molar-refractivity contribution is 0.0604. The summed E-state index contributed by atoms with van der Waals surface area (Å²) in [5.74, 6) is 1.07. The Morgan fingerprint density at radius 2 is 2.08 bits per heavy atom. The molecule has 5 nitrogen and oxygen atoms in total. The quantitative estimate of drug-likeness (QED) is 0.886. The van der Waals surface area contributed by atoms with E-state index in [2.05, 4.69) is 35.0 Å². The number of hydrogen-bond acceptors (Lipinski definition) is 5. The second-order valence-corrected chi connectivity index (χ2v) is 7.76. The first-order valence-corrected chi connectivity index (χ1v) is 9.77. The van der Waals surface area contributed by atoms with Gasteiger partial charge in [0.05, 0.1) is 6.10 Å². The van der Waals surface area contributed by atoms with E-state index in [0.717, 1.165) is 51.4 Å². The third-order valence-corrected chi connectivity index (χ3v) is 5.97. The summed E-state index contributed by atoms with van der Waals surface area (Å²) in [4.78, 5) is 4.87. The van der Waals surface area contributed by atoms with Crippen LogP contribution in [0.3, 0.4) is 0 Å². The first-order chi connectivity index (χ1) is 12.2. The number of hydrogen-bond donors (Lipinski definition) is 1. The van der Waals surface area contributed by atoms with Crippen LogP contribution in [0.25, 0.3) is 0 Å². The summed E-state index contributed by atoms with van der Waals surface area (Å²) in [6.45, 7) is 5.71. The van der Waals surface area contributed by atoms with Crippen molar-refractivity contribution in [2.45, 2.75) is 50.5 Å². The minimum atomic E-state index is 0.292. The molecule has 0 saturated carbocycles. The van der Waals surface area contributed by atoms with Crippen molar-refractivity contribution in [3.8, 4) is 5.75 Å². The van der Waals surface area contributed by atoms with E-state index < -0.39 is 0 Å².